The molecule has 0 radical (unpaired) electrons. The van der Waals surface area contributed by atoms with Crippen molar-refractivity contribution >= 4 is 5.91 Å². The largest absolute Gasteiger partial charge is 0.393 e. The third-order valence-corrected chi connectivity index (χ3v) is 3.46. The Morgan fingerprint density at radius 2 is 2.40 bits per heavy atom. The fraction of sp³-hybridized carbons (Fsp3) is 0.909. The monoisotopic (exact) mass is 212 g/mol. The van der Waals surface area contributed by atoms with E-state index in [1.54, 1.807) is 0 Å². The van der Waals surface area contributed by atoms with Gasteiger partial charge in [-0.05, 0) is 39.2 Å². The number of nitrogens with one attached hydrogen (secondary N) is 1. The van der Waals surface area contributed by atoms with Crippen molar-refractivity contribution in [3.8, 4) is 0 Å². The van der Waals surface area contributed by atoms with Crippen LogP contribution in [0.5, 0.6) is 0 Å². The number of hydrogen-bond acceptors (Lipinski definition) is 3. The maximum absolute atomic E-state index is 11.6. The molecule has 86 valence electrons. The van der Waals surface area contributed by atoms with Crippen molar-refractivity contribution in [3.63, 3.8) is 0 Å². The number of likely N-dealkylation sites (tertiary alicyclic amines) is 1. The van der Waals surface area contributed by atoms with Crippen molar-refractivity contribution in [2.24, 2.45) is 0 Å². The molecular weight excluding hydrogens is 192 g/mol. The molecule has 2 N–H and O–H groups in total. The van der Waals surface area contributed by atoms with Crippen LogP contribution in [0.4, 0.5) is 0 Å². The molecule has 2 heterocycles. The summed E-state index contributed by atoms with van der Waals surface area (Å²) in [5.41, 5.74) is 0. The molecule has 1 amide bonds. The molecule has 4 nitrogen and oxygen atoms in total. The van der Waals surface area contributed by atoms with Crippen molar-refractivity contribution in [1.29, 1.82) is 0 Å². The Bertz CT molecular complexity index is 243. The Morgan fingerprint density at radius 3 is 3.00 bits per heavy atom. The second-order valence-electron chi connectivity index (χ2n) is 4.71. The smallest absolute Gasteiger partial charge is 0.237 e. The van der Waals surface area contributed by atoms with Crippen molar-refractivity contribution < 1.29 is 9.90 Å². The molecule has 2 saturated heterocycles. The molecule has 2 aliphatic heterocycles. The minimum Gasteiger partial charge on any atom is -0.393 e. The van der Waals surface area contributed by atoms with Crippen LogP contribution in [-0.2, 0) is 4.79 Å². The topological polar surface area (TPSA) is 52.6 Å². The van der Waals surface area contributed by atoms with Gasteiger partial charge < -0.3 is 10.4 Å². The average molecular weight is 212 g/mol. The zero-order chi connectivity index (χ0) is 10.8. The van der Waals surface area contributed by atoms with E-state index in [0.29, 0.717) is 6.04 Å². The van der Waals surface area contributed by atoms with Crippen molar-refractivity contribution in [2.75, 3.05) is 13.1 Å². The molecule has 2 fully saturated rings. The molecule has 2 rings (SSSR count). The Hall–Kier alpha value is -0.610. The SMILES string of the molecule is CC(O)CC1CCCN1C1CCNC1=O. The molecule has 15 heavy (non-hydrogen) atoms. The molecular formula is C11H20N2O2. The van der Waals surface area contributed by atoms with E-state index < -0.39 is 0 Å². The minimum atomic E-state index is -0.264. The number of carbonyl (C=O) groups is 1. The molecule has 0 aliphatic carbocycles. The van der Waals surface area contributed by atoms with Gasteiger partial charge in [0.25, 0.3) is 0 Å². The van der Waals surface area contributed by atoms with E-state index >= 15 is 0 Å². The lowest BCUT2D eigenvalue weighted by molar-refractivity contribution is -0.124. The quantitative estimate of drug-likeness (QED) is 0.698. The summed E-state index contributed by atoms with van der Waals surface area (Å²) < 4.78 is 0. The Morgan fingerprint density at radius 1 is 1.60 bits per heavy atom. The molecule has 2 aliphatic rings. The van der Waals surface area contributed by atoms with Crippen molar-refractivity contribution in [1.82, 2.24) is 10.2 Å². The van der Waals surface area contributed by atoms with Crippen LogP contribution in [-0.4, -0.2) is 47.2 Å². The van der Waals surface area contributed by atoms with Crippen LogP contribution >= 0.6 is 0 Å². The van der Waals surface area contributed by atoms with E-state index in [0.717, 1.165) is 38.8 Å². The molecule has 0 spiro atoms. The molecule has 0 aromatic carbocycles. The van der Waals surface area contributed by atoms with Crippen LogP contribution in [0, 0.1) is 0 Å². The van der Waals surface area contributed by atoms with E-state index in [1.807, 2.05) is 6.92 Å². The van der Waals surface area contributed by atoms with Gasteiger partial charge in [-0.3, -0.25) is 9.69 Å². The summed E-state index contributed by atoms with van der Waals surface area (Å²) >= 11 is 0. The van der Waals surface area contributed by atoms with E-state index in [2.05, 4.69) is 10.2 Å². The second-order valence-corrected chi connectivity index (χ2v) is 4.71. The van der Waals surface area contributed by atoms with Gasteiger partial charge in [0.1, 0.15) is 0 Å². The maximum Gasteiger partial charge on any atom is 0.237 e. The zero-order valence-electron chi connectivity index (χ0n) is 9.28. The summed E-state index contributed by atoms with van der Waals surface area (Å²) in [5, 5.41) is 12.3. The Balaban J connectivity index is 1.97. The lowest BCUT2D eigenvalue weighted by Crippen LogP contribution is -2.44. The fourth-order valence-electron chi connectivity index (χ4n) is 2.81. The summed E-state index contributed by atoms with van der Waals surface area (Å²) in [6, 6.07) is 0.468. The number of rotatable bonds is 3. The van der Waals surface area contributed by atoms with Gasteiger partial charge in [-0.1, -0.05) is 0 Å². The van der Waals surface area contributed by atoms with Crippen LogP contribution in [0.3, 0.4) is 0 Å². The number of hydrogen-bond donors (Lipinski definition) is 2. The molecule has 3 unspecified atom stereocenters. The predicted molar refractivity (Wildman–Crippen MR) is 57.4 cm³/mol. The number of carbonyl (C=O) groups excluding carboxylic acids is 1. The summed E-state index contributed by atoms with van der Waals surface area (Å²) in [7, 11) is 0. The van der Waals surface area contributed by atoms with E-state index in [4.69, 9.17) is 0 Å². The molecule has 0 aromatic heterocycles. The highest BCUT2D eigenvalue weighted by Gasteiger charge is 2.37. The molecule has 0 saturated carbocycles. The van der Waals surface area contributed by atoms with Gasteiger partial charge in [0.15, 0.2) is 0 Å². The number of aliphatic hydroxyl groups is 1. The van der Waals surface area contributed by atoms with Crippen molar-refractivity contribution in [3.05, 3.63) is 0 Å². The fourth-order valence-corrected chi connectivity index (χ4v) is 2.81. The summed E-state index contributed by atoms with van der Waals surface area (Å²) in [6.45, 7) is 3.64. The highest BCUT2D eigenvalue weighted by Crippen LogP contribution is 2.26. The first-order valence-corrected chi connectivity index (χ1v) is 5.90. The predicted octanol–water partition coefficient (Wildman–Crippen LogP) is 0.110. The number of amides is 1. The van der Waals surface area contributed by atoms with Gasteiger partial charge >= 0.3 is 0 Å². The zero-order valence-corrected chi connectivity index (χ0v) is 9.28. The summed E-state index contributed by atoms with van der Waals surface area (Å²) in [4.78, 5) is 13.9. The van der Waals surface area contributed by atoms with Gasteiger partial charge in [0.05, 0.1) is 12.1 Å². The van der Waals surface area contributed by atoms with Crippen LogP contribution in [0.15, 0.2) is 0 Å². The van der Waals surface area contributed by atoms with Crippen LogP contribution < -0.4 is 5.32 Å². The number of nitrogens with zero attached hydrogens (tertiary/aromatic N) is 1. The summed E-state index contributed by atoms with van der Waals surface area (Å²) in [5.74, 6) is 0.174. The molecule has 3 atom stereocenters. The van der Waals surface area contributed by atoms with Gasteiger partial charge in [-0.2, -0.15) is 0 Å². The lowest BCUT2D eigenvalue weighted by Gasteiger charge is -2.29. The highest BCUT2D eigenvalue weighted by molar-refractivity contribution is 5.83. The Kier molecular flexibility index (Phi) is 3.26. The van der Waals surface area contributed by atoms with Crippen LogP contribution in [0.2, 0.25) is 0 Å². The van der Waals surface area contributed by atoms with E-state index in [9.17, 15) is 9.90 Å². The van der Waals surface area contributed by atoms with Crippen molar-refractivity contribution in [2.45, 2.75) is 50.8 Å². The number of aliphatic hydroxyl groups excluding tert-OH is 1. The van der Waals surface area contributed by atoms with Gasteiger partial charge in [-0.25, -0.2) is 0 Å². The molecule has 4 heteroatoms. The van der Waals surface area contributed by atoms with E-state index in [1.165, 1.54) is 0 Å². The second kappa shape index (κ2) is 4.49. The first kappa shape index (κ1) is 10.9. The van der Waals surface area contributed by atoms with E-state index in [-0.39, 0.29) is 18.1 Å². The molecule has 0 aromatic rings. The third-order valence-electron chi connectivity index (χ3n) is 3.46. The van der Waals surface area contributed by atoms with Gasteiger partial charge in [0.2, 0.25) is 5.91 Å². The maximum atomic E-state index is 11.6. The first-order valence-electron chi connectivity index (χ1n) is 5.90. The minimum absolute atomic E-state index is 0.0660. The average Bonchev–Trinajstić information content (AvgIpc) is 2.73. The van der Waals surface area contributed by atoms with Gasteiger partial charge in [0, 0.05) is 12.6 Å². The standard InChI is InChI=1S/C11H20N2O2/c1-8(14)7-9-3-2-6-13(9)10-4-5-12-11(10)15/h8-10,14H,2-7H2,1H3,(H,12,15). The lowest BCUT2D eigenvalue weighted by atomic mass is 10.1. The summed E-state index contributed by atoms with van der Waals surface area (Å²) in [6.07, 6.45) is 3.73. The molecule has 0 bridgehead atoms. The van der Waals surface area contributed by atoms with Crippen LogP contribution in [0.1, 0.15) is 32.6 Å². The first-order chi connectivity index (χ1) is 7.18. The third kappa shape index (κ3) is 2.32. The highest BCUT2D eigenvalue weighted by atomic mass is 16.3. The Labute approximate surface area is 90.6 Å². The normalized spacial score (nSPS) is 34.4. The van der Waals surface area contributed by atoms with Gasteiger partial charge in [-0.15, -0.1) is 0 Å². The van der Waals surface area contributed by atoms with Crippen LogP contribution in [0.25, 0.3) is 0 Å².